The maximum atomic E-state index is 12.9. The van der Waals surface area contributed by atoms with E-state index in [0.29, 0.717) is 17.0 Å². The minimum absolute atomic E-state index is 0.204. The highest BCUT2D eigenvalue weighted by molar-refractivity contribution is 6.30. The van der Waals surface area contributed by atoms with Crippen LogP contribution in [0.15, 0.2) is 60.9 Å². The zero-order valence-corrected chi connectivity index (χ0v) is 18.1. The van der Waals surface area contributed by atoms with E-state index in [9.17, 15) is 9.90 Å². The molecule has 0 radical (unpaired) electrons. The largest absolute Gasteiger partial charge is 0.391 e. The van der Waals surface area contributed by atoms with Gasteiger partial charge in [-0.1, -0.05) is 42.6 Å². The third kappa shape index (κ3) is 5.49. The molecule has 1 aromatic carbocycles. The first kappa shape index (κ1) is 21.5. The molecule has 0 aliphatic heterocycles. The predicted molar refractivity (Wildman–Crippen MR) is 122 cm³/mol. The maximum Gasteiger partial charge on any atom is 0.253 e. The Kier molecular flexibility index (Phi) is 6.95. The number of carbonyl (C=O) groups excluding carboxylic acids is 1. The molecule has 1 fully saturated rings. The number of benzene rings is 1. The summed E-state index contributed by atoms with van der Waals surface area (Å²) in [6.07, 6.45) is 7.93. The van der Waals surface area contributed by atoms with Crippen LogP contribution >= 0.6 is 11.6 Å². The second-order valence-corrected chi connectivity index (χ2v) is 8.41. The summed E-state index contributed by atoms with van der Waals surface area (Å²) in [4.78, 5) is 21.9. The summed E-state index contributed by atoms with van der Waals surface area (Å²) in [6, 6.07) is 15.1. The lowest BCUT2D eigenvalue weighted by Gasteiger charge is -2.28. The first-order chi connectivity index (χ1) is 15.1. The van der Waals surface area contributed by atoms with Gasteiger partial charge in [0.2, 0.25) is 0 Å². The van der Waals surface area contributed by atoms with Crippen molar-refractivity contribution in [2.24, 2.45) is 0 Å². The Morgan fingerprint density at radius 1 is 1.06 bits per heavy atom. The minimum atomic E-state index is -0.487. The van der Waals surface area contributed by atoms with Crippen LogP contribution in [0.3, 0.4) is 0 Å². The highest BCUT2D eigenvalue weighted by Gasteiger charge is 2.25. The van der Waals surface area contributed by atoms with Crippen molar-refractivity contribution in [3.63, 3.8) is 0 Å². The van der Waals surface area contributed by atoms with Crippen molar-refractivity contribution in [1.29, 1.82) is 0 Å². The van der Waals surface area contributed by atoms with E-state index in [2.05, 4.69) is 15.3 Å². The number of aliphatic hydroxyl groups is 1. The first-order valence-electron chi connectivity index (χ1n) is 10.7. The van der Waals surface area contributed by atoms with Gasteiger partial charge in [-0.05, 0) is 61.6 Å². The van der Waals surface area contributed by atoms with Gasteiger partial charge in [0.15, 0.2) is 0 Å². The Bertz CT molecular complexity index is 1020. The molecule has 31 heavy (non-hydrogen) atoms. The van der Waals surface area contributed by atoms with E-state index in [1.165, 1.54) is 0 Å². The van der Waals surface area contributed by atoms with Crippen molar-refractivity contribution in [2.45, 2.75) is 50.7 Å². The number of pyridine rings is 2. The van der Waals surface area contributed by atoms with E-state index in [-0.39, 0.29) is 11.9 Å². The van der Waals surface area contributed by atoms with E-state index in [0.717, 1.165) is 54.6 Å². The number of nitrogens with one attached hydrogen (secondary N) is 1. The van der Waals surface area contributed by atoms with Crippen LogP contribution in [0.5, 0.6) is 0 Å². The van der Waals surface area contributed by atoms with Gasteiger partial charge in [0.25, 0.3) is 5.91 Å². The molecule has 1 saturated carbocycles. The molecule has 0 saturated heterocycles. The fraction of sp³-hybridized carbons (Fsp3) is 0.320. The number of aliphatic hydroxyl groups excluding tert-OH is 1. The van der Waals surface area contributed by atoms with Gasteiger partial charge in [0, 0.05) is 34.4 Å². The summed E-state index contributed by atoms with van der Waals surface area (Å²) in [5.74, 6) is -0.204. The lowest BCUT2D eigenvalue weighted by atomic mass is 9.92. The number of hydrogen-bond acceptors (Lipinski definition) is 4. The molecule has 1 amide bonds. The fourth-order valence-corrected chi connectivity index (χ4v) is 4.15. The quantitative estimate of drug-likeness (QED) is 0.592. The van der Waals surface area contributed by atoms with Crippen LogP contribution in [0.2, 0.25) is 5.02 Å². The molecule has 160 valence electrons. The number of amides is 1. The van der Waals surface area contributed by atoms with Gasteiger partial charge in [0.05, 0.1) is 17.7 Å². The SMILES string of the molecule is O=C(NC1CCCCC1O)c1cnc(CCc2ccccn2)c(-c2ccc(Cl)cc2)c1. The smallest absolute Gasteiger partial charge is 0.253 e. The van der Waals surface area contributed by atoms with Crippen LogP contribution in [0.1, 0.15) is 47.4 Å². The lowest BCUT2D eigenvalue weighted by Crippen LogP contribution is -2.45. The van der Waals surface area contributed by atoms with Gasteiger partial charge in [-0.25, -0.2) is 0 Å². The van der Waals surface area contributed by atoms with Gasteiger partial charge in [0.1, 0.15) is 0 Å². The minimum Gasteiger partial charge on any atom is -0.391 e. The van der Waals surface area contributed by atoms with E-state index in [1.54, 1.807) is 12.4 Å². The summed E-state index contributed by atoms with van der Waals surface area (Å²) < 4.78 is 0. The summed E-state index contributed by atoms with van der Waals surface area (Å²) in [6.45, 7) is 0. The van der Waals surface area contributed by atoms with Crippen molar-refractivity contribution in [3.8, 4) is 11.1 Å². The second kappa shape index (κ2) is 10.0. The Labute approximate surface area is 187 Å². The number of aryl methyl sites for hydroxylation is 2. The van der Waals surface area contributed by atoms with Gasteiger partial charge < -0.3 is 10.4 Å². The Hall–Kier alpha value is -2.76. The molecule has 0 bridgehead atoms. The summed E-state index contributed by atoms with van der Waals surface area (Å²) in [5.41, 5.74) is 4.26. The molecular formula is C25H26ClN3O2. The second-order valence-electron chi connectivity index (χ2n) is 7.98. The number of rotatable bonds is 6. The van der Waals surface area contributed by atoms with Crippen molar-refractivity contribution < 1.29 is 9.90 Å². The maximum absolute atomic E-state index is 12.9. The Balaban J connectivity index is 1.59. The van der Waals surface area contributed by atoms with Crippen molar-refractivity contribution in [3.05, 3.63) is 82.9 Å². The highest BCUT2D eigenvalue weighted by atomic mass is 35.5. The Morgan fingerprint density at radius 2 is 1.87 bits per heavy atom. The highest BCUT2D eigenvalue weighted by Crippen LogP contribution is 2.27. The molecule has 2 aromatic heterocycles. The number of aromatic nitrogens is 2. The van der Waals surface area contributed by atoms with E-state index in [4.69, 9.17) is 11.6 Å². The lowest BCUT2D eigenvalue weighted by molar-refractivity contribution is 0.0717. The summed E-state index contributed by atoms with van der Waals surface area (Å²) in [5, 5.41) is 13.8. The van der Waals surface area contributed by atoms with Gasteiger partial charge in [-0.15, -0.1) is 0 Å². The standard InChI is InChI=1S/C25H26ClN3O2/c26-19-10-8-17(9-11-19)21-15-18(25(31)29-23-6-1-2-7-24(23)30)16-28-22(21)13-12-20-5-3-4-14-27-20/h3-5,8-11,14-16,23-24,30H,1-2,6-7,12-13H2,(H,29,31). The molecule has 2 N–H and O–H groups in total. The summed E-state index contributed by atoms with van der Waals surface area (Å²) >= 11 is 6.07. The molecular weight excluding hydrogens is 410 g/mol. The molecule has 1 aliphatic rings. The molecule has 1 aliphatic carbocycles. The van der Waals surface area contributed by atoms with Crippen LogP contribution in [0, 0.1) is 0 Å². The van der Waals surface area contributed by atoms with E-state index in [1.807, 2.05) is 48.5 Å². The molecule has 4 rings (SSSR count). The molecule has 3 aromatic rings. The van der Waals surface area contributed by atoms with Crippen LogP contribution in [-0.4, -0.2) is 33.1 Å². The molecule has 5 nitrogen and oxygen atoms in total. The van der Waals surface area contributed by atoms with Gasteiger partial charge in [-0.3, -0.25) is 14.8 Å². The average Bonchev–Trinajstić information content (AvgIpc) is 2.80. The molecule has 2 atom stereocenters. The third-order valence-corrected chi connectivity index (χ3v) is 6.03. The van der Waals surface area contributed by atoms with Crippen LogP contribution < -0.4 is 5.32 Å². The Morgan fingerprint density at radius 3 is 2.61 bits per heavy atom. The fourth-order valence-electron chi connectivity index (χ4n) is 4.02. The van der Waals surface area contributed by atoms with Crippen LogP contribution in [-0.2, 0) is 12.8 Å². The molecule has 2 unspecified atom stereocenters. The summed E-state index contributed by atoms with van der Waals surface area (Å²) in [7, 11) is 0. The van der Waals surface area contributed by atoms with Gasteiger partial charge >= 0.3 is 0 Å². The monoisotopic (exact) mass is 435 g/mol. The normalized spacial score (nSPS) is 18.5. The van der Waals surface area contributed by atoms with Crippen LogP contribution in [0.25, 0.3) is 11.1 Å². The van der Waals surface area contributed by atoms with E-state index >= 15 is 0 Å². The topological polar surface area (TPSA) is 75.1 Å². The number of halogens is 1. The average molecular weight is 436 g/mol. The third-order valence-electron chi connectivity index (χ3n) is 5.78. The van der Waals surface area contributed by atoms with Crippen molar-refractivity contribution >= 4 is 17.5 Å². The van der Waals surface area contributed by atoms with Gasteiger partial charge in [-0.2, -0.15) is 0 Å². The zero-order chi connectivity index (χ0) is 21.6. The van der Waals surface area contributed by atoms with Crippen molar-refractivity contribution in [2.75, 3.05) is 0 Å². The first-order valence-corrected chi connectivity index (χ1v) is 11.1. The number of carbonyl (C=O) groups is 1. The molecule has 6 heteroatoms. The predicted octanol–water partition coefficient (Wildman–Crippen LogP) is 4.62. The van der Waals surface area contributed by atoms with Crippen LogP contribution in [0.4, 0.5) is 0 Å². The molecule has 2 heterocycles. The van der Waals surface area contributed by atoms with E-state index < -0.39 is 6.10 Å². The molecule has 0 spiro atoms. The number of hydrogen-bond donors (Lipinski definition) is 2. The zero-order valence-electron chi connectivity index (χ0n) is 17.3. The number of nitrogens with zero attached hydrogens (tertiary/aromatic N) is 2. The van der Waals surface area contributed by atoms with Crippen molar-refractivity contribution in [1.82, 2.24) is 15.3 Å².